The van der Waals surface area contributed by atoms with Crippen molar-refractivity contribution in [3.05, 3.63) is 87.9 Å². The third-order valence-corrected chi connectivity index (χ3v) is 4.95. The zero-order valence-corrected chi connectivity index (χ0v) is 16.8. The van der Waals surface area contributed by atoms with E-state index in [1.54, 1.807) is 41.9 Å². The molecule has 29 heavy (non-hydrogen) atoms. The van der Waals surface area contributed by atoms with Crippen molar-refractivity contribution < 1.29 is 14.8 Å². The van der Waals surface area contributed by atoms with Gasteiger partial charge in [-0.1, -0.05) is 53.5 Å². The summed E-state index contributed by atoms with van der Waals surface area (Å²) in [6.07, 6.45) is 0.798. The Bertz CT molecular complexity index is 1040. The molecule has 0 radical (unpaired) electrons. The van der Waals surface area contributed by atoms with Crippen molar-refractivity contribution in [3.63, 3.8) is 0 Å². The Balaban J connectivity index is 1.64. The summed E-state index contributed by atoms with van der Waals surface area (Å²) in [5, 5.41) is 12.7. The van der Waals surface area contributed by atoms with E-state index in [9.17, 15) is 9.59 Å². The molecule has 0 bridgehead atoms. The topological polar surface area (TPSA) is 78.4 Å². The molecule has 0 spiro atoms. The van der Waals surface area contributed by atoms with Gasteiger partial charge in [0.05, 0.1) is 0 Å². The van der Waals surface area contributed by atoms with Crippen LogP contribution in [0.1, 0.15) is 22.3 Å². The number of aryl methyl sites for hydroxylation is 1. The van der Waals surface area contributed by atoms with Gasteiger partial charge in [-0.3, -0.25) is 14.8 Å². The average Bonchev–Trinajstić information content (AvgIpc) is 2.73. The molecule has 0 saturated heterocycles. The number of benzene rings is 3. The lowest BCUT2D eigenvalue weighted by molar-refractivity contribution is -0.116. The van der Waals surface area contributed by atoms with E-state index in [4.69, 9.17) is 28.4 Å². The Labute approximate surface area is 178 Å². The predicted octanol–water partition coefficient (Wildman–Crippen LogP) is 5.35. The van der Waals surface area contributed by atoms with E-state index in [2.05, 4.69) is 5.32 Å². The third kappa shape index (κ3) is 5.57. The molecule has 0 aliphatic rings. The normalized spacial score (nSPS) is 10.4. The minimum atomic E-state index is -0.571. The molecule has 7 heteroatoms. The highest BCUT2D eigenvalue weighted by atomic mass is 35.5. The number of amides is 2. The second-order valence-corrected chi connectivity index (χ2v) is 7.23. The molecular formula is C22H18Cl2N2O3. The van der Waals surface area contributed by atoms with Gasteiger partial charge < -0.3 is 5.32 Å². The maximum Gasteiger partial charge on any atom is 0.274 e. The van der Waals surface area contributed by atoms with E-state index in [0.29, 0.717) is 27.7 Å². The summed E-state index contributed by atoms with van der Waals surface area (Å²) in [7, 11) is 0. The van der Waals surface area contributed by atoms with Crippen LogP contribution in [0.25, 0.3) is 11.1 Å². The Morgan fingerprint density at radius 3 is 2.34 bits per heavy atom. The largest absolute Gasteiger partial charge is 0.326 e. The van der Waals surface area contributed by atoms with E-state index in [0.717, 1.165) is 16.7 Å². The number of rotatable bonds is 6. The molecule has 0 fully saturated rings. The number of carbonyl (C=O) groups excluding carboxylic acids is 2. The zero-order valence-electron chi connectivity index (χ0n) is 15.3. The molecule has 0 aliphatic heterocycles. The van der Waals surface area contributed by atoms with E-state index in [1.165, 1.54) is 0 Å². The summed E-state index contributed by atoms with van der Waals surface area (Å²) in [6, 6.07) is 19.4. The van der Waals surface area contributed by atoms with Gasteiger partial charge in [0.15, 0.2) is 0 Å². The Kier molecular flexibility index (Phi) is 6.88. The number of anilines is 1. The molecule has 0 unspecified atom stereocenters. The van der Waals surface area contributed by atoms with Crippen molar-refractivity contribution in [2.45, 2.75) is 12.8 Å². The molecule has 0 saturated carbocycles. The lowest BCUT2D eigenvalue weighted by Gasteiger charge is -2.09. The fraction of sp³-hybridized carbons (Fsp3) is 0.0909. The van der Waals surface area contributed by atoms with Crippen molar-refractivity contribution in [1.29, 1.82) is 0 Å². The van der Waals surface area contributed by atoms with Gasteiger partial charge in [0.2, 0.25) is 5.91 Å². The highest BCUT2D eigenvalue weighted by molar-refractivity contribution is 6.35. The molecule has 3 rings (SSSR count). The van der Waals surface area contributed by atoms with Crippen LogP contribution >= 0.6 is 23.2 Å². The number of hydrogen-bond donors (Lipinski definition) is 3. The molecule has 2 amide bonds. The number of hydroxylamine groups is 1. The summed E-state index contributed by atoms with van der Waals surface area (Å²) >= 11 is 12.0. The lowest BCUT2D eigenvalue weighted by atomic mass is 10.0. The number of nitrogens with one attached hydrogen (secondary N) is 2. The van der Waals surface area contributed by atoms with Crippen LogP contribution < -0.4 is 10.8 Å². The maximum atomic E-state index is 12.3. The Hall–Kier alpha value is -2.86. The molecular weight excluding hydrogens is 411 g/mol. The zero-order chi connectivity index (χ0) is 20.8. The Morgan fingerprint density at radius 1 is 0.897 bits per heavy atom. The minimum absolute atomic E-state index is 0.122. The van der Waals surface area contributed by atoms with Crippen molar-refractivity contribution in [1.82, 2.24) is 5.48 Å². The van der Waals surface area contributed by atoms with Gasteiger partial charge in [0.1, 0.15) is 0 Å². The predicted molar refractivity (Wildman–Crippen MR) is 115 cm³/mol. The van der Waals surface area contributed by atoms with Gasteiger partial charge in [-0.25, -0.2) is 5.48 Å². The molecule has 3 aromatic carbocycles. The monoisotopic (exact) mass is 428 g/mol. The SMILES string of the molecule is O=C(CCc1ccc(Cl)cc1Cl)Nc1cccc(-c2ccc(C(=O)NO)cc2)c1. The third-order valence-electron chi connectivity index (χ3n) is 4.36. The highest BCUT2D eigenvalue weighted by Crippen LogP contribution is 2.24. The summed E-state index contributed by atoms with van der Waals surface area (Å²) in [6.45, 7) is 0. The second kappa shape index (κ2) is 9.56. The van der Waals surface area contributed by atoms with Crippen LogP contribution in [-0.4, -0.2) is 17.0 Å². The fourth-order valence-corrected chi connectivity index (χ4v) is 3.35. The van der Waals surface area contributed by atoms with Gasteiger partial charge in [-0.05, 0) is 59.5 Å². The molecule has 3 aromatic rings. The second-order valence-electron chi connectivity index (χ2n) is 6.38. The standard InChI is InChI=1S/C22H18Cl2N2O3/c23-18-10-8-15(20(24)13-18)9-11-21(27)25-19-3-1-2-17(12-19)14-4-6-16(7-5-14)22(28)26-29/h1-8,10,12-13,29H,9,11H2,(H,25,27)(H,26,28). The van der Waals surface area contributed by atoms with Crippen LogP contribution in [-0.2, 0) is 11.2 Å². The van der Waals surface area contributed by atoms with E-state index in [-0.39, 0.29) is 12.3 Å². The molecule has 148 valence electrons. The highest BCUT2D eigenvalue weighted by Gasteiger charge is 2.08. The Morgan fingerprint density at radius 2 is 1.66 bits per heavy atom. The van der Waals surface area contributed by atoms with Crippen LogP contribution in [0.3, 0.4) is 0 Å². The van der Waals surface area contributed by atoms with E-state index in [1.807, 2.05) is 30.3 Å². The maximum absolute atomic E-state index is 12.3. The molecule has 0 aliphatic carbocycles. The van der Waals surface area contributed by atoms with Crippen LogP contribution in [0.5, 0.6) is 0 Å². The molecule has 3 N–H and O–H groups in total. The quantitative estimate of drug-likeness (QED) is 0.365. The first-order valence-electron chi connectivity index (χ1n) is 8.85. The molecule has 0 heterocycles. The fourth-order valence-electron chi connectivity index (χ4n) is 2.85. The van der Waals surface area contributed by atoms with Crippen LogP contribution in [0, 0.1) is 0 Å². The van der Waals surface area contributed by atoms with Crippen molar-refractivity contribution >= 4 is 40.7 Å². The number of carbonyl (C=O) groups is 2. The van der Waals surface area contributed by atoms with Crippen LogP contribution in [0.15, 0.2) is 66.7 Å². The number of hydrogen-bond acceptors (Lipinski definition) is 3. The summed E-state index contributed by atoms with van der Waals surface area (Å²) < 4.78 is 0. The molecule has 5 nitrogen and oxygen atoms in total. The van der Waals surface area contributed by atoms with Crippen LogP contribution in [0.4, 0.5) is 5.69 Å². The van der Waals surface area contributed by atoms with Gasteiger partial charge >= 0.3 is 0 Å². The first-order chi connectivity index (χ1) is 14.0. The summed E-state index contributed by atoms with van der Waals surface area (Å²) in [5.41, 5.74) is 5.26. The minimum Gasteiger partial charge on any atom is -0.326 e. The van der Waals surface area contributed by atoms with Crippen molar-refractivity contribution in [3.8, 4) is 11.1 Å². The van der Waals surface area contributed by atoms with Crippen LogP contribution in [0.2, 0.25) is 10.0 Å². The van der Waals surface area contributed by atoms with Gasteiger partial charge in [0.25, 0.3) is 5.91 Å². The van der Waals surface area contributed by atoms with Crippen molar-refractivity contribution in [2.75, 3.05) is 5.32 Å². The molecule has 0 aromatic heterocycles. The van der Waals surface area contributed by atoms with Gasteiger partial charge in [-0.2, -0.15) is 0 Å². The van der Waals surface area contributed by atoms with Crippen molar-refractivity contribution in [2.24, 2.45) is 0 Å². The number of halogens is 2. The smallest absolute Gasteiger partial charge is 0.274 e. The van der Waals surface area contributed by atoms with Gasteiger partial charge in [-0.15, -0.1) is 0 Å². The van der Waals surface area contributed by atoms with Gasteiger partial charge in [0, 0.05) is 27.7 Å². The lowest BCUT2D eigenvalue weighted by Crippen LogP contribution is -2.18. The van der Waals surface area contributed by atoms with E-state index >= 15 is 0 Å². The van der Waals surface area contributed by atoms with E-state index < -0.39 is 5.91 Å². The summed E-state index contributed by atoms with van der Waals surface area (Å²) in [5.74, 6) is -0.693. The average molecular weight is 429 g/mol. The molecule has 0 atom stereocenters. The summed E-state index contributed by atoms with van der Waals surface area (Å²) in [4.78, 5) is 23.7. The first kappa shape index (κ1) is 20.9. The first-order valence-corrected chi connectivity index (χ1v) is 9.60.